The van der Waals surface area contributed by atoms with Crippen LogP contribution in [0.5, 0.6) is 0 Å². The van der Waals surface area contributed by atoms with Gasteiger partial charge in [0.2, 0.25) is 0 Å². The predicted octanol–water partition coefficient (Wildman–Crippen LogP) is 1.85. The monoisotopic (exact) mass is 386 g/mol. The van der Waals surface area contributed by atoms with Gasteiger partial charge in [0, 0.05) is 55.3 Å². The second-order valence-electron chi connectivity index (χ2n) is 5.58. The van der Waals surface area contributed by atoms with Crippen LogP contribution in [0.15, 0.2) is 47.5 Å². The van der Waals surface area contributed by atoms with Gasteiger partial charge in [0.05, 0.1) is 11.8 Å². The molecule has 0 saturated carbocycles. The first-order valence-electron chi connectivity index (χ1n) is 7.66. The molecule has 122 valence electrons. The molecular weight excluding hydrogens is 372 g/mol. The van der Waals surface area contributed by atoms with Crippen molar-refractivity contribution in [2.45, 2.75) is 0 Å². The van der Waals surface area contributed by atoms with Gasteiger partial charge in [-0.25, -0.2) is 4.98 Å². The van der Waals surface area contributed by atoms with E-state index < -0.39 is 0 Å². The maximum atomic E-state index is 12.6. The topological polar surface area (TPSA) is 66.6 Å². The lowest BCUT2D eigenvalue weighted by molar-refractivity contribution is 0.0746. The van der Waals surface area contributed by atoms with Crippen LogP contribution in [0.1, 0.15) is 10.4 Å². The maximum Gasteiger partial charge on any atom is 0.255 e. The van der Waals surface area contributed by atoms with Crippen molar-refractivity contribution in [1.82, 2.24) is 24.5 Å². The number of amides is 1. The molecule has 1 amide bonds. The van der Waals surface area contributed by atoms with Gasteiger partial charge >= 0.3 is 0 Å². The Hall–Kier alpha value is -2.48. The van der Waals surface area contributed by atoms with Gasteiger partial charge in [-0.1, -0.05) is 0 Å². The quantitative estimate of drug-likeness (QED) is 0.672. The standard InChI is InChI=1S/C16H15BrN6O/c17-13-9-12(10-18-11-13)16(24)22-7-5-21(6-8-22)15-2-3-19-14-1-4-20-23(14)15/h1-4,9-11H,5-8H2. The fourth-order valence-corrected chi connectivity index (χ4v) is 3.28. The van der Waals surface area contributed by atoms with Crippen LogP contribution in [0, 0.1) is 0 Å². The summed E-state index contributed by atoms with van der Waals surface area (Å²) in [7, 11) is 0. The summed E-state index contributed by atoms with van der Waals surface area (Å²) in [5, 5.41) is 4.32. The molecule has 0 N–H and O–H groups in total. The molecule has 3 aromatic heterocycles. The Morgan fingerprint density at radius 3 is 2.71 bits per heavy atom. The first kappa shape index (κ1) is 15.1. The number of piperazine rings is 1. The molecule has 1 fully saturated rings. The normalized spacial score (nSPS) is 15.0. The number of fused-ring (bicyclic) bond motifs is 1. The second-order valence-corrected chi connectivity index (χ2v) is 6.49. The molecule has 0 radical (unpaired) electrons. The summed E-state index contributed by atoms with van der Waals surface area (Å²) in [6.07, 6.45) is 6.81. The van der Waals surface area contributed by atoms with E-state index in [1.54, 1.807) is 30.9 Å². The summed E-state index contributed by atoms with van der Waals surface area (Å²) in [6.45, 7) is 2.84. The molecule has 1 aliphatic heterocycles. The van der Waals surface area contributed by atoms with E-state index in [1.165, 1.54) is 0 Å². The Kier molecular flexibility index (Phi) is 3.89. The van der Waals surface area contributed by atoms with Gasteiger partial charge in [-0.2, -0.15) is 9.61 Å². The van der Waals surface area contributed by atoms with Crippen LogP contribution >= 0.6 is 15.9 Å². The van der Waals surface area contributed by atoms with Crippen molar-refractivity contribution >= 4 is 33.3 Å². The highest BCUT2D eigenvalue weighted by Gasteiger charge is 2.23. The van der Waals surface area contributed by atoms with E-state index in [-0.39, 0.29) is 5.91 Å². The first-order chi connectivity index (χ1) is 11.7. The molecule has 0 spiro atoms. The van der Waals surface area contributed by atoms with Crippen LogP contribution in [-0.2, 0) is 0 Å². The Morgan fingerprint density at radius 1 is 1.08 bits per heavy atom. The second kappa shape index (κ2) is 6.20. The summed E-state index contributed by atoms with van der Waals surface area (Å²) in [6, 6.07) is 5.64. The number of rotatable bonds is 2. The lowest BCUT2D eigenvalue weighted by Crippen LogP contribution is -2.49. The highest BCUT2D eigenvalue weighted by Crippen LogP contribution is 2.18. The van der Waals surface area contributed by atoms with Crippen LogP contribution in [0.2, 0.25) is 0 Å². The van der Waals surface area contributed by atoms with E-state index in [2.05, 4.69) is 35.9 Å². The SMILES string of the molecule is O=C(c1cncc(Br)c1)N1CCN(c2ccnc3ccnn23)CC1. The maximum absolute atomic E-state index is 12.6. The van der Waals surface area contributed by atoms with E-state index in [1.807, 2.05) is 21.5 Å². The number of pyridine rings is 1. The molecule has 0 atom stereocenters. The number of hydrogen-bond donors (Lipinski definition) is 0. The van der Waals surface area contributed by atoms with Gasteiger partial charge in [-0.3, -0.25) is 9.78 Å². The molecule has 7 nitrogen and oxygen atoms in total. The highest BCUT2D eigenvalue weighted by atomic mass is 79.9. The lowest BCUT2D eigenvalue weighted by atomic mass is 10.2. The Balaban J connectivity index is 1.49. The average Bonchev–Trinajstić information content (AvgIpc) is 3.10. The summed E-state index contributed by atoms with van der Waals surface area (Å²) in [4.78, 5) is 25.0. The molecule has 0 unspecified atom stereocenters. The van der Waals surface area contributed by atoms with Gasteiger partial charge in [0.15, 0.2) is 5.65 Å². The van der Waals surface area contributed by atoms with Crippen molar-refractivity contribution in [3.8, 4) is 0 Å². The summed E-state index contributed by atoms with van der Waals surface area (Å²) >= 11 is 3.36. The van der Waals surface area contributed by atoms with Crippen molar-refractivity contribution in [1.29, 1.82) is 0 Å². The molecule has 1 saturated heterocycles. The number of halogens is 1. The molecule has 1 aliphatic rings. The minimum Gasteiger partial charge on any atom is -0.353 e. The van der Waals surface area contributed by atoms with Gasteiger partial charge in [0.1, 0.15) is 5.82 Å². The van der Waals surface area contributed by atoms with Gasteiger partial charge < -0.3 is 9.80 Å². The van der Waals surface area contributed by atoms with Crippen molar-refractivity contribution in [2.24, 2.45) is 0 Å². The third-order valence-corrected chi connectivity index (χ3v) is 4.55. The smallest absolute Gasteiger partial charge is 0.255 e. The zero-order chi connectivity index (χ0) is 16.5. The van der Waals surface area contributed by atoms with Gasteiger partial charge in [0.25, 0.3) is 5.91 Å². The number of carbonyl (C=O) groups excluding carboxylic acids is 1. The minimum atomic E-state index is 0.0161. The fraction of sp³-hybridized carbons (Fsp3) is 0.250. The number of anilines is 1. The Labute approximate surface area is 147 Å². The van der Waals surface area contributed by atoms with Crippen LogP contribution in [-0.4, -0.2) is 56.6 Å². The van der Waals surface area contributed by atoms with Crippen molar-refractivity contribution in [2.75, 3.05) is 31.1 Å². The highest BCUT2D eigenvalue weighted by molar-refractivity contribution is 9.10. The summed E-state index contributed by atoms with van der Waals surface area (Å²) < 4.78 is 2.64. The van der Waals surface area contributed by atoms with Crippen molar-refractivity contribution < 1.29 is 4.79 Å². The lowest BCUT2D eigenvalue weighted by Gasteiger charge is -2.35. The molecule has 8 heteroatoms. The largest absolute Gasteiger partial charge is 0.353 e. The van der Waals surface area contributed by atoms with Gasteiger partial charge in [-0.15, -0.1) is 0 Å². The molecule has 4 rings (SSSR count). The van der Waals surface area contributed by atoms with Crippen LogP contribution in [0.25, 0.3) is 5.65 Å². The van der Waals surface area contributed by atoms with E-state index in [0.29, 0.717) is 18.7 Å². The number of carbonyl (C=O) groups is 1. The van der Waals surface area contributed by atoms with E-state index >= 15 is 0 Å². The number of aromatic nitrogens is 4. The molecule has 0 aromatic carbocycles. The fourth-order valence-electron chi connectivity index (χ4n) is 2.91. The molecule has 3 aromatic rings. The van der Waals surface area contributed by atoms with E-state index in [0.717, 1.165) is 29.0 Å². The molecule has 24 heavy (non-hydrogen) atoms. The van der Waals surface area contributed by atoms with Crippen molar-refractivity contribution in [3.63, 3.8) is 0 Å². The van der Waals surface area contributed by atoms with Crippen LogP contribution in [0.3, 0.4) is 0 Å². The van der Waals surface area contributed by atoms with Gasteiger partial charge in [-0.05, 0) is 28.1 Å². The third-order valence-electron chi connectivity index (χ3n) is 4.11. The summed E-state index contributed by atoms with van der Waals surface area (Å²) in [5.41, 5.74) is 1.43. The van der Waals surface area contributed by atoms with E-state index in [4.69, 9.17) is 0 Å². The first-order valence-corrected chi connectivity index (χ1v) is 8.45. The van der Waals surface area contributed by atoms with Crippen LogP contribution < -0.4 is 4.90 Å². The molecule has 0 aliphatic carbocycles. The summed E-state index contributed by atoms with van der Waals surface area (Å²) in [5.74, 6) is 1.02. The van der Waals surface area contributed by atoms with Crippen LogP contribution in [0.4, 0.5) is 5.82 Å². The Bertz CT molecular complexity index is 887. The zero-order valence-corrected chi connectivity index (χ0v) is 14.4. The molecular formula is C16H15BrN6O. The van der Waals surface area contributed by atoms with Crippen molar-refractivity contribution in [3.05, 3.63) is 53.0 Å². The third kappa shape index (κ3) is 2.73. The number of hydrogen-bond acceptors (Lipinski definition) is 5. The molecule has 4 heterocycles. The van der Waals surface area contributed by atoms with E-state index in [9.17, 15) is 4.79 Å². The number of nitrogens with zero attached hydrogens (tertiary/aromatic N) is 6. The average molecular weight is 387 g/mol. The zero-order valence-electron chi connectivity index (χ0n) is 12.8. The Morgan fingerprint density at radius 2 is 1.92 bits per heavy atom. The molecule has 0 bridgehead atoms. The minimum absolute atomic E-state index is 0.0161. The predicted molar refractivity (Wildman–Crippen MR) is 93.0 cm³/mol.